The highest BCUT2D eigenvalue weighted by molar-refractivity contribution is 5.78. The molecule has 2 heterocycles. The molecule has 4 nitrogen and oxygen atoms in total. The third-order valence-electron chi connectivity index (χ3n) is 3.60. The molecular weight excluding hydrogens is 262 g/mol. The maximum absolute atomic E-state index is 6.33. The van der Waals surface area contributed by atoms with Crippen molar-refractivity contribution < 1.29 is 4.42 Å². The Labute approximate surface area is 121 Å². The molecule has 0 radical (unpaired) electrons. The molecule has 4 heteroatoms. The summed E-state index contributed by atoms with van der Waals surface area (Å²) in [6.45, 7) is 0. The fraction of sp³-hybridized carbons (Fsp3) is 0.0588. The Morgan fingerprint density at radius 1 is 0.905 bits per heavy atom. The highest BCUT2D eigenvalue weighted by atomic mass is 16.3. The molecule has 2 N–H and O–H groups in total. The minimum absolute atomic E-state index is 0.316. The van der Waals surface area contributed by atoms with Crippen LogP contribution >= 0.6 is 0 Å². The summed E-state index contributed by atoms with van der Waals surface area (Å²) in [5.41, 5.74) is 9.83. The maximum atomic E-state index is 6.33. The van der Waals surface area contributed by atoms with Gasteiger partial charge < -0.3 is 10.2 Å². The molecule has 0 saturated carbocycles. The molecule has 1 atom stereocenters. The van der Waals surface area contributed by atoms with Gasteiger partial charge in [-0.2, -0.15) is 0 Å². The summed E-state index contributed by atoms with van der Waals surface area (Å²) in [6, 6.07) is 15.4. The van der Waals surface area contributed by atoms with Crippen molar-refractivity contribution in [3.63, 3.8) is 0 Å². The van der Waals surface area contributed by atoms with Crippen LogP contribution in [0.3, 0.4) is 0 Å². The van der Waals surface area contributed by atoms with Gasteiger partial charge in [0, 0.05) is 17.8 Å². The van der Waals surface area contributed by atoms with Crippen LogP contribution in [0.5, 0.6) is 0 Å². The summed E-state index contributed by atoms with van der Waals surface area (Å²) in [5, 5.41) is 1.06. The lowest BCUT2D eigenvalue weighted by molar-refractivity contribution is 0.525. The predicted octanol–water partition coefficient (Wildman–Crippen LogP) is 3.42. The van der Waals surface area contributed by atoms with Gasteiger partial charge >= 0.3 is 0 Å². The number of furan rings is 1. The lowest BCUT2D eigenvalue weighted by atomic mass is 10.0. The van der Waals surface area contributed by atoms with E-state index in [9.17, 15) is 0 Å². The Morgan fingerprint density at radius 2 is 1.71 bits per heavy atom. The number of hydrogen-bond donors (Lipinski definition) is 1. The average Bonchev–Trinajstić information content (AvgIpc) is 2.97. The molecule has 4 rings (SSSR count). The highest BCUT2D eigenvalue weighted by Crippen LogP contribution is 2.27. The van der Waals surface area contributed by atoms with Crippen molar-refractivity contribution in [3.8, 4) is 0 Å². The summed E-state index contributed by atoms with van der Waals surface area (Å²) >= 11 is 0. The van der Waals surface area contributed by atoms with E-state index < -0.39 is 0 Å². The molecule has 2 aromatic heterocycles. The zero-order chi connectivity index (χ0) is 14.2. The normalized spacial score (nSPS) is 12.8. The second-order valence-corrected chi connectivity index (χ2v) is 4.97. The van der Waals surface area contributed by atoms with Gasteiger partial charge in [-0.15, -0.1) is 0 Å². The van der Waals surface area contributed by atoms with E-state index in [1.807, 2.05) is 48.5 Å². The van der Waals surface area contributed by atoms with Gasteiger partial charge in [0.25, 0.3) is 0 Å². The molecule has 0 aliphatic heterocycles. The molecule has 0 fully saturated rings. The summed E-state index contributed by atoms with van der Waals surface area (Å²) < 4.78 is 5.84. The van der Waals surface area contributed by atoms with Crippen LogP contribution in [0.15, 0.2) is 65.3 Å². The van der Waals surface area contributed by atoms with Crippen LogP contribution in [0.1, 0.15) is 17.4 Å². The minimum atomic E-state index is -0.316. The predicted molar refractivity (Wildman–Crippen MR) is 81.8 cm³/mol. The Hall–Kier alpha value is -2.72. The summed E-state index contributed by atoms with van der Waals surface area (Å²) in [7, 11) is 0. The Bertz CT molecular complexity index is 896. The first-order chi connectivity index (χ1) is 10.3. The van der Waals surface area contributed by atoms with E-state index in [1.165, 1.54) is 0 Å². The van der Waals surface area contributed by atoms with Crippen LogP contribution in [0.2, 0.25) is 0 Å². The standard InChI is InChI=1S/C17H13N3O/c18-17(16-10-11-3-1-2-4-15(11)21-16)12-5-6-13-14(9-12)20-8-7-19-13/h1-10,17H,18H2. The van der Waals surface area contributed by atoms with Crippen molar-refractivity contribution in [2.75, 3.05) is 0 Å². The van der Waals surface area contributed by atoms with Crippen molar-refractivity contribution in [1.82, 2.24) is 9.97 Å². The largest absolute Gasteiger partial charge is 0.459 e. The zero-order valence-electron chi connectivity index (χ0n) is 11.2. The molecule has 2 aromatic carbocycles. The maximum Gasteiger partial charge on any atom is 0.134 e. The SMILES string of the molecule is NC(c1ccc2nccnc2c1)c1cc2ccccc2o1. The van der Waals surface area contributed by atoms with Gasteiger partial charge in [-0.05, 0) is 29.8 Å². The Kier molecular flexibility index (Phi) is 2.69. The van der Waals surface area contributed by atoms with E-state index in [-0.39, 0.29) is 6.04 Å². The summed E-state index contributed by atoms with van der Waals surface area (Å²) in [4.78, 5) is 8.57. The number of aromatic nitrogens is 2. The van der Waals surface area contributed by atoms with Crippen LogP contribution < -0.4 is 5.73 Å². The molecule has 0 saturated heterocycles. The van der Waals surface area contributed by atoms with E-state index in [2.05, 4.69) is 9.97 Å². The number of nitrogens with two attached hydrogens (primary N) is 1. The van der Waals surface area contributed by atoms with Crippen LogP contribution in [-0.2, 0) is 0 Å². The molecule has 4 aromatic rings. The first-order valence-corrected chi connectivity index (χ1v) is 6.76. The quantitative estimate of drug-likeness (QED) is 0.608. The van der Waals surface area contributed by atoms with Gasteiger partial charge in [-0.1, -0.05) is 24.3 Å². The molecule has 0 aliphatic rings. The molecule has 21 heavy (non-hydrogen) atoms. The second-order valence-electron chi connectivity index (χ2n) is 4.97. The van der Waals surface area contributed by atoms with Crippen molar-refractivity contribution >= 4 is 22.0 Å². The van der Waals surface area contributed by atoms with Gasteiger partial charge in [0.05, 0.1) is 17.1 Å². The second kappa shape index (κ2) is 4.68. The van der Waals surface area contributed by atoms with Crippen LogP contribution in [0.4, 0.5) is 0 Å². The molecule has 0 bridgehead atoms. The van der Waals surface area contributed by atoms with E-state index >= 15 is 0 Å². The smallest absolute Gasteiger partial charge is 0.134 e. The first kappa shape index (κ1) is 12.1. The zero-order valence-corrected chi connectivity index (χ0v) is 11.2. The van der Waals surface area contributed by atoms with Gasteiger partial charge in [0.2, 0.25) is 0 Å². The number of nitrogens with zero attached hydrogens (tertiary/aromatic N) is 2. The first-order valence-electron chi connectivity index (χ1n) is 6.76. The van der Waals surface area contributed by atoms with Crippen LogP contribution in [0, 0.1) is 0 Å². The van der Waals surface area contributed by atoms with E-state index in [4.69, 9.17) is 10.2 Å². The van der Waals surface area contributed by atoms with Crippen molar-refractivity contribution in [3.05, 3.63) is 72.2 Å². The molecule has 1 unspecified atom stereocenters. The number of para-hydroxylation sites is 1. The summed E-state index contributed by atoms with van der Waals surface area (Å²) in [6.07, 6.45) is 3.36. The van der Waals surface area contributed by atoms with Gasteiger partial charge in [-0.3, -0.25) is 9.97 Å². The third-order valence-corrected chi connectivity index (χ3v) is 3.60. The number of rotatable bonds is 2. The molecular formula is C17H13N3O. The third kappa shape index (κ3) is 2.06. The molecule has 0 spiro atoms. The van der Waals surface area contributed by atoms with E-state index in [1.54, 1.807) is 12.4 Å². The van der Waals surface area contributed by atoms with Gasteiger partial charge in [0.1, 0.15) is 11.3 Å². The van der Waals surface area contributed by atoms with Gasteiger partial charge in [0.15, 0.2) is 0 Å². The molecule has 102 valence electrons. The number of fused-ring (bicyclic) bond motifs is 2. The molecule has 0 amide bonds. The van der Waals surface area contributed by atoms with Crippen LogP contribution in [0.25, 0.3) is 22.0 Å². The Balaban J connectivity index is 1.79. The van der Waals surface area contributed by atoms with Crippen molar-refractivity contribution in [2.45, 2.75) is 6.04 Å². The topological polar surface area (TPSA) is 64.9 Å². The minimum Gasteiger partial charge on any atom is -0.459 e. The van der Waals surface area contributed by atoms with E-state index in [0.29, 0.717) is 0 Å². The number of benzene rings is 2. The fourth-order valence-corrected chi connectivity index (χ4v) is 2.49. The van der Waals surface area contributed by atoms with Crippen molar-refractivity contribution in [1.29, 1.82) is 0 Å². The van der Waals surface area contributed by atoms with Crippen LogP contribution in [-0.4, -0.2) is 9.97 Å². The lowest BCUT2D eigenvalue weighted by Gasteiger charge is -2.09. The molecule has 0 aliphatic carbocycles. The van der Waals surface area contributed by atoms with Crippen molar-refractivity contribution in [2.24, 2.45) is 5.73 Å². The average molecular weight is 275 g/mol. The monoisotopic (exact) mass is 275 g/mol. The lowest BCUT2D eigenvalue weighted by Crippen LogP contribution is -2.10. The number of hydrogen-bond acceptors (Lipinski definition) is 4. The van der Waals surface area contributed by atoms with Gasteiger partial charge in [-0.25, -0.2) is 0 Å². The fourth-order valence-electron chi connectivity index (χ4n) is 2.49. The Morgan fingerprint density at radius 3 is 2.57 bits per heavy atom. The summed E-state index contributed by atoms with van der Waals surface area (Å²) in [5.74, 6) is 0.749. The highest BCUT2D eigenvalue weighted by Gasteiger charge is 2.14. The van der Waals surface area contributed by atoms with E-state index in [0.717, 1.165) is 33.3 Å².